The zero-order valence-electron chi connectivity index (χ0n) is 13.5. The van der Waals surface area contributed by atoms with Gasteiger partial charge in [0.05, 0.1) is 5.69 Å². The van der Waals surface area contributed by atoms with Gasteiger partial charge in [0.1, 0.15) is 5.82 Å². The molecule has 0 spiro atoms. The number of hydrogen-bond donors (Lipinski definition) is 1. The van der Waals surface area contributed by atoms with E-state index in [9.17, 15) is 0 Å². The van der Waals surface area contributed by atoms with Crippen LogP contribution in [0.5, 0.6) is 0 Å². The molecule has 0 aromatic carbocycles. The van der Waals surface area contributed by atoms with E-state index >= 15 is 0 Å². The third-order valence-corrected chi connectivity index (χ3v) is 4.96. The number of aromatic nitrogens is 1. The van der Waals surface area contributed by atoms with E-state index < -0.39 is 0 Å². The number of fused-ring (bicyclic) bond motifs is 1. The molecular formula is C18H29N3. The van der Waals surface area contributed by atoms with Gasteiger partial charge in [-0.2, -0.15) is 0 Å². The highest BCUT2D eigenvalue weighted by molar-refractivity contribution is 5.42. The summed E-state index contributed by atoms with van der Waals surface area (Å²) < 4.78 is 0. The predicted molar refractivity (Wildman–Crippen MR) is 88.5 cm³/mol. The van der Waals surface area contributed by atoms with E-state index in [-0.39, 0.29) is 0 Å². The summed E-state index contributed by atoms with van der Waals surface area (Å²) in [7, 11) is 0. The maximum atomic E-state index is 4.91. The molecule has 1 N–H and O–H groups in total. The van der Waals surface area contributed by atoms with Crippen molar-refractivity contribution in [1.82, 2.24) is 10.3 Å². The Labute approximate surface area is 129 Å². The maximum Gasteiger partial charge on any atom is 0.129 e. The van der Waals surface area contributed by atoms with Gasteiger partial charge in [0.25, 0.3) is 0 Å². The number of nitrogens with one attached hydrogen (secondary N) is 1. The summed E-state index contributed by atoms with van der Waals surface area (Å²) in [6.07, 6.45) is 6.98. The van der Waals surface area contributed by atoms with E-state index in [4.69, 9.17) is 4.98 Å². The Hall–Kier alpha value is -1.09. The predicted octanol–water partition coefficient (Wildman–Crippen LogP) is 3.60. The maximum absolute atomic E-state index is 4.91. The molecule has 1 aromatic rings. The van der Waals surface area contributed by atoms with Crippen molar-refractivity contribution in [3.05, 3.63) is 23.9 Å². The van der Waals surface area contributed by atoms with Crippen molar-refractivity contribution in [3.8, 4) is 0 Å². The SMILES string of the molecule is CC(C)CNCc1cccc(N2CCC3CCCCC32)n1. The number of pyridine rings is 1. The minimum atomic E-state index is 0.690. The summed E-state index contributed by atoms with van der Waals surface area (Å²) in [4.78, 5) is 7.49. The Bertz CT molecular complexity index is 458. The van der Waals surface area contributed by atoms with E-state index in [0.29, 0.717) is 5.92 Å². The molecule has 2 heterocycles. The average Bonchev–Trinajstić information content (AvgIpc) is 2.91. The fourth-order valence-corrected chi connectivity index (χ4v) is 3.90. The monoisotopic (exact) mass is 287 g/mol. The van der Waals surface area contributed by atoms with Crippen molar-refractivity contribution >= 4 is 5.82 Å². The van der Waals surface area contributed by atoms with Gasteiger partial charge >= 0.3 is 0 Å². The lowest BCUT2D eigenvalue weighted by Gasteiger charge is -2.32. The smallest absolute Gasteiger partial charge is 0.129 e. The van der Waals surface area contributed by atoms with Crippen molar-refractivity contribution in [3.63, 3.8) is 0 Å². The number of hydrogen-bond acceptors (Lipinski definition) is 3. The van der Waals surface area contributed by atoms with Gasteiger partial charge < -0.3 is 10.2 Å². The van der Waals surface area contributed by atoms with Gasteiger partial charge in [0.15, 0.2) is 0 Å². The summed E-state index contributed by atoms with van der Waals surface area (Å²) in [6, 6.07) is 7.27. The largest absolute Gasteiger partial charge is 0.353 e. The molecule has 21 heavy (non-hydrogen) atoms. The van der Waals surface area contributed by atoms with Gasteiger partial charge in [-0.25, -0.2) is 4.98 Å². The fraction of sp³-hybridized carbons (Fsp3) is 0.722. The van der Waals surface area contributed by atoms with Gasteiger partial charge in [-0.3, -0.25) is 0 Å². The molecular weight excluding hydrogens is 258 g/mol. The van der Waals surface area contributed by atoms with Crippen LogP contribution in [0.15, 0.2) is 18.2 Å². The Balaban J connectivity index is 1.65. The molecule has 2 fully saturated rings. The zero-order chi connectivity index (χ0) is 14.7. The van der Waals surface area contributed by atoms with Crippen molar-refractivity contribution in [2.45, 2.75) is 58.5 Å². The molecule has 0 radical (unpaired) electrons. The molecule has 3 nitrogen and oxygen atoms in total. The van der Waals surface area contributed by atoms with Crippen LogP contribution >= 0.6 is 0 Å². The van der Waals surface area contributed by atoms with Crippen LogP contribution in [0.25, 0.3) is 0 Å². The molecule has 3 heteroatoms. The molecule has 1 saturated heterocycles. The lowest BCUT2D eigenvalue weighted by molar-refractivity contribution is 0.341. The van der Waals surface area contributed by atoms with Crippen molar-refractivity contribution < 1.29 is 0 Å². The minimum Gasteiger partial charge on any atom is -0.353 e. The zero-order valence-corrected chi connectivity index (χ0v) is 13.5. The highest BCUT2D eigenvalue weighted by atomic mass is 15.2. The summed E-state index contributed by atoms with van der Waals surface area (Å²) in [6.45, 7) is 7.62. The first-order chi connectivity index (χ1) is 10.2. The summed E-state index contributed by atoms with van der Waals surface area (Å²) >= 11 is 0. The lowest BCUT2D eigenvalue weighted by atomic mass is 9.85. The second-order valence-corrected chi connectivity index (χ2v) is 7.11. The van der Waals surface area contributed by atoms with E-state index in [1.54, 1.807) is 0 Å². The van der Waals surface area contributed by atoms with Gasteiger partial charge in [-0.1, -0.05) is 32.8 Å². The Morgan fingerprint density at radius 1 is 1.24 bits per heavy atom. The molecule has 1 aliphatic carbocycles. The summed E-state index contributed by atoms with van der Waals surface area (Å²) in [5.74, 6) is 2.81. The van der Waals surface area contributed by atoms with Crippen LogP contribution in [-0.2, 0) is 6.54 Å². The first kappa shape index (κ1) is 14.8. The highest BCUT2D eigenvalue weighted by Gasteiger charge is 2.36. The molecule has 1 aromatic heterocycles. The van der Waals surface area contributed by atoms with E-state index in [1.807, 2.05) is 0 Å². The number of rotatable bonds is 5. The molecule has 0 bridgehead atoms. The normalized spacial score (nSPS) is 25.4. The van der Waals surface area contributed by atoms with E-state index in [1.165, 1.54) is 50.2 Å². The van der Waals surface area contributed by atoms with Crippen LogP contribution in [0.3, 0.4) is 0 Å². The van der Waals surface area contributed by atoms with Crippen LogP contribution in [0.2, 0.25) is 0 Å². The third-order valence-electron chi connectivity index (χ3n) is 4.96. The van der Waals surface area contributed by atoms with Crippen LogP contribution in [0.4, 0.5) is 5.82 Å². The number of nitrogens with zero attached hydrogens (tertiary/aromatic N) is 2. The fourth-order valence-electron chi connectivity index (χ4n) is 3.90. The molecule has 2 aliphatic rings. The van der Waals surface area contributed by atoms with E-state index in [2.05, 4.69) is 42.3 Å². The van der Waals surface area contributed by atoms with Crippen molar-refractivity contribution in [1.29, 1.82) is 0 Å². The van der Waals surface area contributed by atoms with Crippen molar-refractivity contribution in [2.24, 2.45) is 11.8 Å². The summed E-state index contributed by atoms with van der Waals surface area (Å²) in [5, 5.41) is 3.49. The van der Waals surface area contributed by atoms with Gasteiger partial charge in [0.2, 0.25) is 0 Å². The Morgan fingerprint density at radius 3 is 2.95 bits per heavy atom. The third kappa shape index (κ3) is 3.57. The Kier molecular flexibility index (Phi) is 4.79. The molecule has 1 saturated carbocycles. The van der Waals surface area contributed by atoms with Gasteiger partial charge in [-0.15, -0.1) is 0 Å². The minimum absolute atomic E-state index is 0.690. The lowest BCUT2D eigenvalue weighted by Crippen LogP contribution is -2.35. The number of anilines is 1. The molecule has 2 atom stereocenters. The van der Waals surface area contributed by atoms with Crippen LogP contribution in [0.1, 0.15) is 51.6 Å². The molecule has 0 amide bonds. The van der Waals surface area contributed by atoms with Gasteiger partial charge in [0, 0.05) is 19.1 Å². The summed E-state index contributed by atoms with van der Waals surface area (Å²) in [5.41, 5.74) is 1.17. The molecule has 3 rings (SSSR count). The van der Waals surface area contributed by atoms with Crippen molar-refractivity contribution in [2.75, 3.05) is 18.0 Å². The Morgan fingerprint density at radius 2 is 2.10 bits per heavy atom. The second-order valence-electron chi connectivity index (χ2n) is 7.11. The first-order valence-electron chi connectivity index (χ1n) is 8.67. The van der Waals surface area contributed by atoms with Crippen LogP contribution in [0, 0.1) is 11.8 Å². The highest BCUT2D eigenvalue weighted by Crippen LogP contribution is 2.38. The van der Waals surface area contributed by atoms with Crippen LogP contribution in [-0.4, -0.2) is 24.1 Å². The second kappa shape index (κ2) is 6.78. The van der Waals surface area contributed by atoms with E-state index in [0.717, 1.165) is 25.0 Å². The average molecular weight is 287 g/mol. The molecule has 116 valence electrons. The topological polar surface area (TPSA) is 28.2 Å². The molecule has 1 aliphatic heterocycles. The first-order valence-corrected chi connectivity index (χ1v) is 8.67. The molecule has 2 unspecified atom stereocenters. The standard InChI is InChI=1S/C18H29N3/c1-14(2)12-19-13-16-7-5-9-18(20-16)21-11-10-15-6-3-4-8-17(15)21/h5,7,9,14-15,17,19H,3-4,6,8,10-13H2,1-2H3. The quantitative estimate of drug-likeness (QED) is 0.897. The van der Waals surface area contributed by atoms with Gasteiger partial charge in [-0.05, 0) is 49.8 Å². The van der Waals surface area contributed by atoms with Crippen LogP contribution < -0.4 is 10.2 Å².